The summed E-state index contributed by atoms with van der Waals surface area (Å²) >= 11 is 0. The molecule has 0 bridgehead atoms. The molecule has 0 aromatic carbocycles. The molecule has 0 saturated heterocycles. The first-order valence-electron chi connectivity index (χ1n) is 7.84. The van der Waals surface area contributed by atoms with Gasteiger partial charge in [0.05, 0.1) is 0 Å². The van der Waals surface area contributed by atoms with Gasteiger partial charge in [0.1, 0.15) is 0 Å². The van der Waals surface area contributed by atoms with Gasteiger partial charge in [-0.3, -0.25) is 4.79 Å². The Morgan fingerprint density at radius 2 is 1.89 bits per heavy atom. The Bertz CT molecular complexity index is 297. The summed E-state index contributed by atoms with van der Waals surface area (Å²) in [5, 5.41) is 8.98. The van der Waals surface area contributed by atoms with E-state index in [0.717, 1.165) is 38.5 Å². The Balaban J connectivity index is 1.90. The topological polar surface area (TPSA) is 66.6 Å². The molecular weight excluding hydrogens is 240 g/mol. The van der Waals surface area contributed by atoms with Crippen LogP contribution in [0.15, 0.2) is 0 Å². The highest BCUT2D eigenvalue weighted by Crippen LogP contribution is 2.31. The van der Waals surface area contributed by atoms with Crippen molar-refractivity contribution in [2.45, 2.75) is 75.8 Å². The third-order valence-corrected chi connectivity index (χ3v) is 4.75. The number of aliphatic hydroxyl groups excluding tert-OH is 1. The Morgan fingerprint density at radius 1 is 1.21 bits per heavy atom. The maximum atomic E-state index is 12.5. The molecule has 0 spiro atoms. The Kier molecular flexibility index (Phi) is 5.22. The van der Waals surface area contributed by atoms with Gasteiger partial charge in [-0.1, -0.05) is 19.3 Å². The van der Waals surface area contributed by atoms with E-state index in [2.05, 4.69) is 0 Å². The fourth-order valence-corrected chi connectivity index (χ4v) is 3.29. The number of hydrogen-bond acceptors (Lipinski definition) is 3. The zero-order chi connectivity index (χ0) is 13.7. The minimum Gasteiger partial charge on any atom is -0.396 e. The molecule has 0 radical (unpaired) electrons. The number of amides is 1. The third kappa shape index (κ3) is 3.93. The predicted octanol–water partition coefficient (Wildman–Crippen LogP) is 1.80. The van der Waals surface area contributed by atoms with Crippen LogP contribution in [-0.2, 0) is 4.79 Å². The van der Waals surface area contributed by atoms with E-state index in [1.54, 1.807) is 0 Å². The second kappa shape index (κ2) is 6.71. The van der Waals surface area contributed by atoms with E-state index in [4.69, 9.17) is 10.8 Å². The summed E-state index contributed by atoms with van der Waals surface area (Å²) in [6.45, 7) is 0.848. The fraction of sp³-hybridized carbons (Fsp3) is 0.933. The van der Waals surface area contributed by atoms with E-state index < -0.39 is 0 Å². The Labute approximate surface area is 116 Å². The molecule has 0 aromatic rings. The summed E-state index contributed by atoms with van der Waals surface area (Å²) in [5.74, 6) is 0.211. The van der Waals surface area contributed by atoms with Crippen molar-refractivity contribution in [1.29, 1.82) is 0 Å². The molecule has 110 valence electrons. The van der Waals surface area contributed by atoms with Gasteiger partial charge < -0.3 is 15.7 Å². The molecule has 0 aliphatic heterocycles. The maximum Gasteiger partial charge on any atom is 0.224 e. The number of nitrogens with zero attached hydrogens (tertiary/aromatic N) is 1. The molecule has 0 aromatic heterocycles. The lowest BCUT2D eigenvalue weighted by Gasteiger charge is -2.40. The van der Waals surface area contributed by atoms with E-state index >= 15 is 0 Å². The molecule has 0 unspecified atom stereocenters. The standard InChI is InChI=1S/C15H28N2O2/c16-15(8-2-1-3-9-15)12-14(19)17(10-5-11-18)13-6-4-7-13/h13,18H,1-12,16H2. The van der Waals surface area contributed by atoms with Crippen LogP contribution in [-0.4, -0.2) is 40.6 Å². The Morgan fingerprint density at radius 3 is 2.42 bits per heavy atom. The molecule has 0 atom stereocenters. The molecular formula is C15H28N2O2. The molecule has 19 heavy (non-hydrogen) atoms. The van der Waals surface area contributed by atoms with Crippen molar-refractivity contribution in [1.82, 2.24) is 4.90 Å². The van der Waals surface area contributed by atoms with Crippen LogP contribution in [0, 0.1) is 0 Å². The molecule has 1 amide bonds. The van der Waals surface area contributed by atoms with Crippen molar-refractivity contribution in [3.05, 3.63) is 0 Å². The van der Waals surface area contributed by atoms with Gasteiger partial charge in [-0.05, 0) is 38.5 Å². The van der Waals surface area contributed by atoms with Crippen LogP contribution >= 0.6 is 0 Å². The molecule has 2 aliphatic rings. The molecule has 3 N–H and O–H groups in total. The van der Waals surface area contributed by atoms with Crippen LogP contribution in [0.3, 0.4) is 0 Å². The number of carbonyl (C=O) groups is 1. The zero-order valence-electron chi connectivity index (χ0n) is 11.9. The van der Waals surface area contributed by atoms with Crippen molar-refractivity contribution in [3.63, 3.8) is 0 Å². The molecule has 2 rings (SSSR count). The zero-order valence-corrected chi connectivity index (χ0v) is 11.9. The van der Waals surface area contributed by atoms with Crippen LogP contribution in [0.4, 0.5) is 0 Å². The number of rotatable bonds is 6. The van der Waals surface area contributed by atoms with E-state index in [1.807, 2.05) is 4.90 Å². The van der Waals surface area contributed by atoms with Gasteiger partial charge in [-0.15, -0.1) is 0 Å². The smallest absolute Gasteiger partial charge is 0.224 e. The number of carbonyl (C=O) groups excluding carboxylic acids is 1. The normalized spacial score (nSPS) is 22.8. The van der Waals surface area contributed by atoms with Crippen LogP contribution in [0.5, 0.6) is 0 Å². The quantitative estimate of drug-likeness (QED) is 0.772. The molecule has 4 heteroatoms. The number of nitrogens with two attached hydrogens (primary N) is 1. The van der Waals surface area contributed by atoms with Crippen LogP contribution < -0.4 is 5.73 Å². The van der Waals surface area contributed by atoms with Crippen molar-refractivity contribution < 1.29 is 9.90 Å². The van der Waals surface area contributed by atoms with Crippen LogP contribution in [0.2, 0.25) is 0 Å². The first-order valence-corrected chi connectivity index (χ1v) is 7.84. The summed E-state index contributed by atoms with van der Waals surface area (Å²) < 4.78 is 0. The van der Waals surface area contributed by atoms with Crippen molar-refractivity contribution >= 4 is 5.91 Å². The molecule has 0 heterocycles. The van der Waals surface area contributed by atoms with E-state index in [-0.39, 0.29) is 18.1 Å². The predicted molar refractivity (Wildman–Crippen MR) is 75.7 cm³/mol. The maximum absolute atomic E-state index is 12.5. The lowest BCUT2D eigenvalue weighted by Crippen LogP contribution is -2.51. The lowest BCUT2D eigenvalue weighted by molar-refractivity contribution is -0.137. The highest BCUT2D eigenvalue weighted by atomic mass is 16.3. The fourth-order valence-electron chi connectivity index (χ4n) is 3.29. The van der Waals surface area contributed by atoms with Gasteiger partial charge in [-0.2, -0.15) is 0 Å². The highest BCUT2D eigenvalue weighted by Gasteiger charge is 2.35. The van der Waals surface area contributed by atoms with E-state index in [0.29, 0.717) is 25.4 Å². The van der Waals surface area contributed by atoms with Gasteiger partial charge in [-0.25, -0.2) is 0 Å². The van der Waals surface area contributed by atoms with Crippen LogP contribution in [0.1, 0.15) is 64.2 Å². The monoisotopic (exact) mass is 268 g/mol. The minimum atomic E-state index is -0.267. The SMILES string of the molecule is NC1(CC(=O)N(CCCO)C2CCC2)CCCCC1. The first-order chi connectivity index (χ1) is 9.14. The molecule has 2 saturated carbocycles. The largest absolute Gasteiger partial charge is 0.396 e. The summed E-state index contributed by atoms with van der Waals surface area (Å²) in [6, 6.07) is 0.409. The summed E-state index contributed by atoms with van der Waals surface area (Å²) in [7, 11) is 0. The van der Waals surface area contributed by atoms with Crippen molar-refractivity contribution in [2.75, 3.05) is 13.2 Å². The van der Waals surface area contributed by atoms with E-state index in [9.17, 15) is 4.79 Å². The molecule has 2 aliphatic carbocycles. The van der Waals surface area contributed by atoms with Gasteiger partial charge in [0.25, 0.3) is 0 Å². The van der Waals surface area contributed by atoms with Gasteiger partial charge in [0, 0.05) is 31.2 Å². The highest BCUT2D eigenvalue weighted by molar-refractivity contribution is 5.78. The number of hydrogen-bond donors (Lipinski definition) is 2. The average molecular weight is 268 g/mol. The molecule has 4 nitrogen and oxygen atoms in total. The Hall–Kier alpha value is -0.610. The van der Waals surface area contributed by atoms with Gasteiger partial charge in [0.2, 0.25) is 5.91 Å². The summed E-state index contributed by atoms with van der Waals surface area (Å²) in [6.07, 6.45) is 10.2. The van der Waals surface area contributed by atoms with Gasteiger partial charge >= 0.3 is 0 Å². The van der Waals surface area contributed by atoms with Crippen molar-refractivity contribution in [2.24, 2.45) is 5.73 Å². The molecule has 2 fully saturated rings. The second-order valence-corrected chi connectivity index (χ2v) is 6.35. The van der Waals surface area contributed by atoms with Crippen LogP contribution in [0.25, 0.3) is 0 Å². The third-order valence-electron chi connectivity index (χ3n) is 4.75. The second-order valence-electron chi connectivity index (χ2n) is 6.35. The lowest BCUT2D eigenvalue weighted by atomic mass is 9.79. The average Bonchev–Trinajstić information content (AvgIpc) is 2.32. The first kappa shape index (κ1) is 14.8. The van der Waals surface area contributed by atoms with Gasteiger partial charge in [0.15, 0.2) is 0 Å². The number of aliphatic hydroxyl groups is 1. The summed E-state index contributed by atoms with van der Waals surface area (Å²) in [5.41, 5.74) is 6.12. The van der Waals surface area contributed by atoms with Crippen molar-refractivity contribution in [3.8, 4) is 0 Å². The minimum absolute atomic E-state index is 0.157. The summed E-state index contributed by atoms with van der Waals surface area (Å²) in [4.78, 5) is 14.5. The van der Waals surface area contributed by atoms with E-state index in [1.165, 1.54) is 12.8 Å².